The summed E-state index contributed by atoms with van der Waals surface area (Å²) in [5.41, 5.74) is 1.91. The third-order valence-corrected chi connectivity index (χ3v) is 5.63. The van der Waals surface area contributed by atoms with Crippen LogP contribution in [0.4, 0.5) is 5.69 Å². The quantitative estimate of drug-likeness (QED) is 0.628. The number of nitro benzene ring substituents is 1. The predicted molar refractivity (Wildman–Crippen MR) is 93.8 cm³/mol. The van der Waals surface area contributed by atoms with Gasteiger partial charge in [-0.05, 0) is 23.6 Å². The van der Waals surface area contributed by atoms with Gasteiger partial charge in [0.15, 0.2) is 0 Å². The van der Waals surface area contributed by atoms with Crippen LogP contribution in [0.25, 0.3) is 0 Å². The molecule has 1 amide bonds. The van der Waals surface area contributed by atoms with Crippen LogP contribution in [0.5, 0.6) is 0 Å². The molecule has 8 nitrogen and oxygen atoms in total. The molecule has 1 aliphatic heterocycles. The fourth-order valence-electron chi connectivity index (χ4n) is 2.82. The molecule has 1 aliphatic rings. The van der Waals surface area contributed by atoms with Crippen molar-refractivity contribution in [1.82, 2.24) is 9.62 Å². The molecule has 0 atom stereocenters. The lowest BCUT2D eigenvalue weighted by atomic mass is 10.00. The Morgan fingerprint density at radius 3 is 2.62 bits per heavy atom. The minimum absolute atomic E-state index is 0.247. The van der Waals surface area contributed by atoms with Gasteiger partial charge >= 0.3 is 0 Å². The molecule has 0 radical (unpaired) electrons. The number of carbonyl (C=O) groups is 1. The van der Waals surface area contributed by atoms with Gasteiger partial charge in [-0.2, -0.15) is 0 Å². The number of fused-ring (bicyclic) bond motifs is 1. The van der Waals surface area contributed by atoms with E-state index in [1.165, 1.54) is 23.8 Å². The number of nitrogens with one attached hydrogen (secondary N) is 1. The summed E-state index contributed by atoms with van der Waals surface area (Å²) in [6.45, 7) is 0.565. The standard InChI is InChI=1S/C17H17N3O5S/c21-17(19-9-8-13-4-1-2-5-14(13)12-19)11-18-26(24,25)16-7-3-6-15(10-16)20(22)23/h1-7,10,18H,8-9,11-12H2. The summed E-state index contributed by atoms with van der Waals surface area (Å²) >= 11 is 0. The fraction of sp³-hybridized carbons (Fsp3) is 0.235. The first kappa shape index (κ1) is 18.0. The molecule has 0 unspecified atom stereocenters. The molecule has 136 valence electrons. The summed E-state index contributed by atoms with van der Waals surface area (Å²) < 4.78 is 26.8. The van der Waals surface area contributed by atoms with E-state index in [-0.39, 0.29) is 16.5 Å². The Labute approximate surface area is 150 Å². The zero-order chi connectivity index (χ0) is 18.7. The first-order chi connectivity index (χ1) is 12.4. The Morgan fingerprint density at radius 2 is 1.88 bits per heavy atom. The second-order valence-electron chi connectivity index (χ2n) is 5.91. The van der Waals surface area contributed by atoms with E-state index >= 15 is 0 Å². The number of rotatable bonds is 5. The van der Waals surface area contributed by atoms with Crippen LogP contribution in [-0.4, -0.2) is 37.2 Å². The number of amides is 1. The molecule has 1 heterocycles. The fourth-order valence-corrected chi connectivity index (χ4v) is 3.84. The van der Waals surface area contributed by atoms with Crippen LogP contribution in [-0.2, 0) is 27.8 Å². The summed E-state index contributed by atoms with van der Waals surface area (Å²) in [4.78, 5) is 23.8. The molecule has 0 bridgehead atoms. The maximum atomic E-state index is 12.4. The monoisotopic (exact) mass is 375 g/mol. The summed E-state index contributed by atoms with van der Waals surface area (Å²) in [6.07, 6.45) is 0.722. The van der Waals surface area contributed by atoms with Gasteiger partial charge in [0.25, 0.3) is 5.69 Å². The van der Waals surface area contributed by atoms with Gasteiger partial charge in [-0.25, -0.2) is 13.1 Å². The lowest BCUT2D eigenvalue weighted by molar-refractivity contribution is -0.385. The van der Waals surface area contributed by atoms with Gasteiger partial charge in [0.1, 0.15) is 0 Å². The first-order valence-corrected chi connectivity index (χ1v) is 9.44. The lowest BCUT2D eigenvalue weighted by Crippen LogP contribution is -2.42. The Balaban J connectivity index is 1.66. The second kappa shape index (κ2) is 7.22. The van der Waals surface area contributed by atoms with Gasteiger partial charge in [0.05, 0.1) is 16.4 Å². The Morgan fingerprint density at radius 1 is 1.15 bits per heavy atom. The van der Waals surface area contributed by atoms with Crippen LogP contribution in [0.1, 0.15) is 11.1 Å². The molecule has 0 fully saturated rings. The highest BCUT2D eigenvalue weighted by Gasteiger charge is 2.23. The number of hydrogen-bond acceptors (Lipinski definition) is 5. The molecule has 0 saturated heterocycles. The summed E-state index contributed by atoms with van der Waals surface area (Å²) in [7, 11) is -4.01. The van der Waals surface area contributed by atoms with Gasteiger partial charge in [0, 0.05) is 25.2 Å². The van der Waals surface area contributed by atoms with E-state index in [1.54, 1.807) is 4.90 Å². The van der Waals surface area contributed by atoms with Gasteiger partial charge in [0.2, 0.25) is 15.9 Å². The smallest absolute Gasteiger partial charge is 0.270 e. The first-order valence-electron chi connectivity index (χ1n) is 7.95. The van der Waals surface area contributed by atoms with Crippen molar-refractivity contribution in [2.45, 2.75) is 17.9 Å². The zero-order valence-corrected chi connectivity index (χ0v) is 14.6. The number of benzene rings is 2. The third kappa shape index (κ3) is 3.89. The van der Waals surface area contributed by atoms with Crippen molar-refractivity contribution in [3.63, 3.8) is 0 Å². The maximum Gasteiger partial charge on any atom is 0.270 e. The van der Waals surface area contributed by atoms with Crippen LogP contribution < -0.4 is 4.72 Å². The molecule has 9 heteroatoms. The molecule has 0 saturated carbocycles. The van der Waals surface area contributed by atoms with Crippen molar-refractivity contribution < 1.29 is 18.1 Å². The highest BCUT2D eigenvalue weighted by atomic mass is 32.2. The average molecular weight is 375 g/mol. The minimum Gasteiger partial charge on any atom is -0.337 e. The van der Waals surface area contributed by atoms with E-state index in [4.69, 9.17) is 0 Å². The van der Waals surface area contributed by atoms with E-state index < -0.39 is 21.5 Å². The van der Waals surface area contributed by atoms with E-state index in [0.717, 1.165) is 18.1 Å². The van der Waals surface area contributed by atoms with Gasteiger partial charge < -0.3 is 4.90 Å². The Kier molecular flexibility index (Phi) is 5.01. The van der Waals surface area contributed by atoms with Gasteiger partial charge in [-0.15, -0.1) is 0 Å². The summed E-state index contributed by atoms with van der Waals surface area (Å²) in [6, 6.07) is 12.5. The highest BCUT2D eigenvalue weighted by molar-refractivity contribution is 7.89. The molecule has 2 aromatic rings. The molecule has 0 aromatic heterocycles. The topological polar surface area (TPSA) is 110 Å². The second-order valence-corrected chi connectivity index (χ2v) is 7.68. The number of nitrogens with zero attached hydrogens (tertiary/aromatic N) is 2. The van der Waals surface area contributed by atoms with Crippen LogP contribution in [0, 0.1) is 10.1 Å². The average Bonchev–Trinajstić information content (AvgIpc) is 2.66. The van der Waals surface area contributed by atoms with Crippen molar-refractivity contribution in [1.29, 1.82) is 0 Å². The van der Waals surface area contributed by atoms with Crippen LogP contribution in [0.2, 0.25) is 0 Å². The van der Waals surface area contributed by atoms with E-state index in [9.17, 15) is 23.3 Å². The molecule has 1 N–H and O–H groups in total. The van der Waals surface area contributed by atoms with Gasteiger partial charge in [-0.1, -0.05) is 30.3 Å². The van der Waals surface area contributed by atoms with Crippen molar-refractivity contribution in [3.05, 3.63) is 69.8 Å². The number of sulfonamides is 1. The van der Waals surface area contributed by atoms with Crippen LogP contribution >= 0.6 is 0 Å². The van der Waals surface area contributed by atoms with E-state index in [2.05, 4.69) is 4.72 Å². The molecular formula is C17H17N3O5S. The molecule has 0 aliphatic carbocycles. The number of carbonyl (C=O) groups excluding carboxylic acids is 1. The van der Waals surface area contributed by atoms with Crippen LogP contribution in [0.15, 0.2) is 53.4 Å². The zero-order valence-electron chi connectivity index (χ0n) is 13.8. The van der Waals surface area contributed by atoms with Crippen molar-refractivity contribution in [3.8, 4) is 0 Å². The molecular weight excluding hydrogens is 358 g/mol. The van der Waals surface area contributed by atoms with Crippen LogP contribution in [0.3, 0.4) is 0 Å². The molecule has 2 aromatic carbocycles. The Bertz CT molecular complexity index is 958. The number of nitro groups is 1. The highest BCUT2D eigenvalue weighted by Crippen LogP contribution is 2.19. The summed E-state index contributed by atoms with van der Waals surface area (Å²) in [5, 5.41) is 10.8. The van der Waals surface area contributed by atoms with Gasteiger partial charge in [-0.3, -0.25) is 14.9 Å². The van der Waals surface area contributed by atoms with E-state index in [0.29, 0.717) is 13.1 Å². The van der Waals surface area contributed by atoms with Crippen molar-refractivity contribution in [2.24, 2.45) is 0 Å². The minimum atomic E-state index is -4.01. The van der Waals surface area contributed by atoms with Crippen molar-refractivity contribution >= 4 is 21.6 Å². The van der Waals surface area contributed by atoms with E-state index in [1.807, 2.05) is 24.3 Å². The van der Waals surface area contributed by atoms with Crippen molar-refractivity contribution in [2.75, 3.05) is 13.1 Å². The molecule has 0 spiro atoms. The normalized spacial score (nSPS) is 13.9. The molecule has 26 heavy (non-hydrogen) atoms. The summed E-state index contributed by atoms with van der Waals surface area (Å²) in [5.74, 6) is -0.339. The number of non-ortho nitro benzene ring substituents is 1. The lowest BCUT2D eigenvalue weighted by Gasteiger charge is -2.29. The molecule has 3 rings (SSSR count). The SMILES string of the molecule is O=C(CNS(=O)(=O)c1cccc([N+](=O)[O-])c1)N1CCc2ccccc2C1. The predicted octanol–water partition coefficient (Wildman–Crippen LogP) is 1.46. The largest absolute Gasteiger partial charge is 0.337 e. The Hall–Kier alpha value is -2.78. The third-order valence-electron chi connectivity index (χ3n) is 4.24. The maximum absolute atomic E-state index is 12.4. The number of hydrogen-bond donors (Lipinski definition) is 1.